The average Bonchev–Trinajstić information content (AvgIpc) is 2.48. The monoisotopic (exact) mass is 305 g/mol. The van der Waals surface area contributed by atoms with Gasteiger partial charge >= 0.3 is 0 Å². The molecule has 1 saturated heterocycles. The normalized spacial score (nSPS) is 19.2. The molecule has 0 aliphatic carbocycles. The summed E-state index contributed by atoms with van der Waals surface area (Å²) in [4.78, 5) is 2.60. The van der Waals surface area contributed by atoms with Gasteiger partial charge in [0.2, 0.25) is 0 Å². The summed E-state index contributed by atoms with van der Waals surface area (Å²) in [5.41, 5.74) is 2.30. The predicted octanol–water partition coefficient (Wildman–Crippen LogP) is 3.55. The van der Waals surface area contributed by atoms with Gasteiger partial charge in [-0.15, -0.1) is 0 Å². The van der Waals surface area contributed by atoms with E-state index in [1.165, 1.54) is 37.9 Å². The number of piperidine rings is 1. The van der Waals surface area contributed by atoms with Crippen LogP contribution in [0.1, 0.15) is 38.2 Å². The van der Waals surface area contributed by atoms with Gasteiger partial charge in [0.1, 0.15) is 0 Å². The van der Waals surface area contributed by atoms with Gasteiger partial charge in [-0.25, -0.2) is 0 Å². The summed E-state index contributed by atoms with van der Waals surface area (Å²) in [5, 5.41) is 7.23. The van der Waals surface area contributed by atoms with Crippen LogP contribution in [0, 0.1) is 6.92 Å². The second-order valence-electron chi connectivity index (χ2n) is 5.98. The van der Waals surface area contributed by atoms with Gasteiger partial charge in [0.05, 0.1) is 0 Å². The summed E-state index contributed by atoms with van der Waals surface area (Å²) in [6, 6.07) is 9.03. The third-order valence-electron chi connectivity index (χ3n) is 4.16. The van der Waals surface area contributed by atoms with Crippen LogP contribution in [0.2, 0.25) is 0 Å². The molecule has 0 radical (unpaired) electrons. The van der Waals surface area contributed by atoms with Gasteiger partial charge in [-0.2, -0.15) is 0 Å². The fraction of sp³-hybridized carbons (Fsp3) is 0.588. The van der Waals surface area contributed by atoms with Crippen molar-refractivity contribution < 1.29 is 0 Å². The van der Waals surface area contributed by atoms with Gasteiger partial charge in [-0.1, -0.05) is 24.1 Å². The third kappa shape index (κ3) is 5.64. The minimum absolute atomic E-state index is 0.713. The topological polar surface area (TPSA) is 27.3 Å². The Morgan fingerprint density at radius 2 is 2.05 bits per heavy atom. The Morgan fingerprint density at radius 1 is 1.29 bits per heavy atom. The molecule has 1 aliphatic heterocycles. The van der Waals surface area contributed by atoms with Crippen molar-refractivity contribution in [3.8, 4) is 0 Å². The first-order chi connectivity index (χ1) is 10.1. The van der Waals surface area contributed by atoms with Crippen LogP contribution in [0.4, 0.5) is 5.69 Å². The van der Waals surface area contributed by atoms with Crippen LogP contribution in [0.3, 0.4) is 0 Å². The molecule has 1 aliphatic rings. The van der Waals surface area contributed by atoms with E-state index < -0.39 is 0 Å². The minimum atomic E-state index is 0.713. The zero-order valence-corrected chi connectivity index (χ0v) is 14.0. The lowest BCUT2D eigenvalue weighted by Crippen LogP contribution is -2.39. The van der Waals surface area contributed by atoms with E-state index in [0.29, 0.717) is 5.11 Å². The van der Waals surface area contributed by atoms with Crippen LogP contribution in [-0.2, 0) is 0 Å². The number of anilines is 1. The van der Waals surface area contributed by atoms with Crippen LogP contribution < -0.4 is 10.6 Å². The number of hydrogen-bond donors (Lipinski definition) is 2. The molecule has 21 heavy (non-hydrogen) atoms. The fourth-order valence-corrected chi connectivity index (χ4v) is 3.01. The molecule has 1 heterocycles. The first kappa shape index (κ1) is 16.2. The highest BCUT2D eigenvalue weighted by molar-refractivity contribution is 7.80. The molecule has 1 aromatic rings. The van der Waals surface area contributed by atoms with Crippen LogP contribution in [-0.4, -0.2) is 35.7 Å². The van der Waals surface area contributed by atoms with Gasteiger partial charge in [-0.3, -0.25) is 0 Å². The van der Waals surface area contributed by atoms with Gasteiger partial charge in [-0.05, 0) is 64.0 Å². The molecule has 1 fully saturated rings. The van der Waals surface area contributed by atoms with Crippen molar-refractivity contribution in [2.75, 3.05) is 25.0 Å². The van der Waals surface area contributed by atoms with E-state index in [2.05, 4.69) is 53.6 Å². The standard InChI is InChI=1S/C17H27N3S/c1-14-7-9-16(10-8-14)19-17(21)18-11-5-13-20-12-4-3-6-15(20)2/h7-10,15H,3-6,11-13H2,1-2H3,(H2,18,19,21)/t15-/m1/s1. The quantitative estimate of drug-likeness (QED) is 0.643. The summed E-state index contributed by atoms with van der Waals surface area (Å²) < 4.78 is 0. The van der Waals surface area contributed by atoms with E-state index in [9.17, 15) is 0 Å². The van der Waals surface area contributed by atoms with Gasteiger partial charge in [0.25, 0.3) is 0 Å². The SMILES string of the molecule is Cc1ccc(NC(=S)NCCCN2CCCC[C@H]2C)cc1. The molecule has 0 unspecified atom stereocenters. The maximum atomic E-state index is 5.33. The maximum absolute atomic E-state index is 5.33. The Kier molecular flexibility index (Phi) is 6.46. The highest BCUT2D eigenvalue weighted by Crippen LogP contribution is 2.16. The first-order valence-electron chi connectivity index (χ1n) is 8.01. The molecule has 2 rings (SSSR count). The van der Waals surface area contributed by atoms with Crippen molar-refractivity contribution in [3.63, 3.8) is 0 Å². The fourth-order valence-electron chi connectivity index (χ4n) is 2.79. The molecular formula is C17H27N3S. The molecule has 116 valence electrons. The largest absolute Gasteiger partial charge is 0.362 e. The van der Waals surface area contributed by atoms with Crippen molar-refractivity contribution in [2.45, 2.75) is 45.6 Å². The number of aryl methyl sites for hydroxylation is 1. The molecule has 4 heteroatoms. The Hall–Kier alpha value is -1.13. The number of hydrogen-bond acceptors (Lipinski definition) is 2. The number of benzene rings is 1. The summed E-state index contributed by atoms with van der Waals surface area (Å²) in [6.07, 6.45) is 5.23. The lowest BCUT2D eigenvalue weighted by atomic mass is 10.0. The molecule has 0 bridgehead atoms. The number of rotatable bonds is 5. The molecule has 0 spiro atoms. The summed E-state index contributed by atoms with van der Waals surface area (Å²) >= 11 is 5.33. The average molecular weight is 305 g/mol. The zero-order valence-electron chi connectivity index (χ0n) is 13.2. The zero-order chi connectivity index (χ0) is 15.1. The predicted molar refractivity (Wildman–Crippen MR) is 94.9 cm³/mol. The third-order valence-corrected chi connectivity index (χ3v) is 4.40. The van der Waals surface area contributed by atoms with Crippen molar-refractivity contribution in [1.29, 1.82) is 0 Å². The lowest BCUT2D eigenvalue weighted by Gasteiger charge is -2.33. The molecule has 0 amide bonds. The maximum Gasteiger partial charge on any atom is 0.170 e. The summed E-state index contributed by atoms with van der Waals surface area (Å²) in [5.74, 6) is 0. The number of likely N-dealkylation sites (tertiary alicyclic amines) is 1. The van der Waals surface area contributed by atoms with Crippen LogP contribution in [0.25, 0.3) is 0 Å². The summed E-state index contributed by atoms with van der Waals surface area (Å²) in [6.45, 7) is 7.79. The van der Waals surface area contributed by atoms with Crippen LogP contribution >= 0.6 is 12.2 Å². The Morgan fingerprint density at radius 3 is 2.76 bits per heavy atom. The van der Waals surface area contributed by atoms with Crippen molar-refractivity contribution in [2.24, 2.45) is 0 Å². The molecule has 3 nitrogen and oxygen atoms in total. The Bertz CT molecular complexity index is 444. The van der Waals surface area contributed by atoms with Crippen molar-refractivity contribution in [1.82, 2.24) is 10.2 Å². The smallest absolute Gasteiger partial charge is 0.170 e. The number of nitrogens with one attached hydrogen (secondary N) is 2. The molecule has 0 saturated carbocycles. The summed E-state index contributed by atoms with van der Waals surface area (Å²) in [7, 11) is 0. The van der Waals surface area contributed by atoms with E-state index in [0.717, 1.165) is 24.7 Å². The number of nitrogens with zero attached hydrogens (tertiary/aromatic N) is 1. The molecule has 0 aromatic heterocycles. The van der Waals surface area contributed by atoms with Crippen LogP contribution in [0.5, 0.6) is 0 Å². The molecule has 1 aromatic carbocycles. The van der Waals surface area contributed by atoms with Crippen molar-refractivity contribution in [3.05, 3.63) is 29.8 Å². The minimum Gasteiger partial charge on any atom is -0.362 e. The molecule has 1 atom stereocenters. The number of thiocarbonyl (C=S) groups is 1. The molecule has 2 N–H and O–H groups in total. The van der Waals surface area contributed by atoms with E-state index in [-0.39, 0.29) is 0 Å². The van der Waals surface area contributed by atoms with E-state index in [1.54, 1.807) is 0 Å². The van der Waals surface area contributed by atoms with Gasteiger partial charge < -0.3 is 15.5 Å². The lowest BCUT2D eigenvalue weighted by molar-refractivity contribution is 0.159. The highest BCUT2D eigenvalue weighted by atomic mass is 32.1. The van der Waals surface area contributed by atoms with E-state index >= 15 is 0 Å². The van der Waals surface area contributed by atoms with E-state index in [1.807, 2.05) is 0 Å². The van der Waals surface area contributed by atoms with Gasteiger partial charge in [0.15, 0.2) is 5.11 Å². The second kappa shape index (κ2) is 8.35. The van der Waals surface area contributed by atoms with Crippen molar-refractivity contribution >= 4 is 23.0 Å². The van der Waals surface area contributed by atoms with Crippen LogP contribution in [0.15, 0.2) is 24.3 Å². The Labute approximate surface area is 134 Å². The highest BCUT2D eigenvalue weighted by Gasteiger charge is 2.16. The van der Waals surface area contributed by atoms with E-state index in [4.69, 9.17) is 12.2 Å². The Balaban J connectivity index is 1.61. The first-order valence-corrected chi connectivity index (χ1v) is 8.41. The van der Waals surface area contributed by atoms with Gasteiger partial charge in [0, 0.05) is 24.8 Å². The second-order valence-corrected chi connectivity index (χ2v) is 6.39. The molecular weight excluding hydrogens is 278 g/mol.